The van der Waals surface area contributed by atoms with E-state index in [4.69, 9.17) is 4.74 Å². The number of nitrogens with one attached hydrogen (secondary N) is 2. The number of hydrogen-bond donors (Lipinski definition) is 2. The third-order valence-corrected chi connectivity index (χ3v) is 3.05. The molecule has 2 heterocycles. The molecule has 1 aliphatic heterocycles. The first-order valence-corrected chi connectivity index (χ1v) is 6.17. The number of rotatable bonds is 4. The molecule has 0 aromatic carbocycles. The van der Waals surface area contributed by atoms with Crippen LogP contribution < -0.4 is 5.32 Å². The monoisotopic (exact) mass is 237 g/mol. The van der Waals surface area contributed by atoms with Crippen molar-refractivity contribution in [3.05, 3.63) is 11.8 Å². The van der Waals surface area contributed by atoms with Crippen molar-refractivity contribution in [2.24, 2.45) is 5.92 Å². The number of ether oxygens (including phenoxy) is 1. The highest BCUT2D eigenvalue weighted by Crippen LogP contribution is 2.21. The van der Waals surface area contributed by atoms with E-state index in [1.54, 1.807) is 0 Å². The summed E-state index contributed by atoms with van der Waals surface area (Å²) in [6.07, 6.45) is 2.61. The maximum Gasteiger partial charge on any atom is 0.254 e. The van der Waals surface area contributed by atoms with Crippen molar-refractivity contribution < 1.29 is 9.53 Å². The van der Waals surface area contributed by atoms with Gasteiger partial charge in [-0.15, -0.1) is 0 Å². The highest BCUT2D eigenvalue weighted by molar-refractivity contribution is 5.93. The molecule has 5 heteroatoms. The molecule has 17 heavy (non-hydrogen) atoms. The van der Waals surface area contributed by atoms with E-state index < -0.39 is 0 Å². The van der Waals surface area contributed by atoms with Gasteiger partial charge in [0.2, 0.25) is 0 Å². The van der Waals surface area contributed by atoms with Crippen molar-refractivity contribution >= 4 is 11.7 Å². The lowest BCUT2D eigenvalue weighted by Gasteiger charge is -2.12. The van der Waals surface area contributed by atoms with Crippen LogP contribution in [0.2, 0.25) is 0 Å². The summed E-state index contributed by atoms with van der Waals surface area (Å²) in [6.45, 7) is 4.80. The number of nitrogens with zero attached hydrogens (tertiary/aromatic N) is 1. The van der Waals surface area contributed by atoms with Crippen LogP contribution in [0.4, 0.5) is 5.82 Å². The van der Waals surface area contributed by atoms with E-state index in [9.17, 15) is 4.79 Å². The molecule has 0 aliphatic carbocycles. The predicted octanol–water partition coefficient (Wildman–Crippen LogP) is 1.73. The fraction of sp³-hybridized carbons (Fsp3) is 0.667. The van der Waals surface area contributed by atoms with Crippen molar-refractivity contribution in [3.8, 4) is 0 Å². The summed E-state index contributed by atoms with van der Waals surface area (Å²) in [4.78, 5) is 11.9. The van der Waals surface area contributed by atoms with Gasteiger partial charge in [-0.25, -0.2) is 0 Å². The van der Waals surface area contributed by atoms with Gasteiger partial charge < -0.3 is 10.1 Å². The second kappa shape index (κ2) is 5.31. The molecule has 94 valence electrons. The van der Waals surface area contributed by atoms with E-state index in [1.807, 2.05) is 13.0 Å². The molecule has 2 N–H and O–H groups in total. The summed E-state index contributed by atoms with van der Waals surface area (Å²) in [6, 6.07) is 1.88. The van der Waals surface area contributed by atoms with Gasteiger partial charge in [0.1, 0.15) is 6.10 Å². The predicted molar refractivity (Wildman–Crippen MR) is 64.7 cm³/mol. The van der Waals surface area contributed by atoms with E-state index in [0.29, 0.717) is 12.4 Å². The van der Waals surface area contributed by atoms with Crippen LogP contribution in [0, 0.1) is 5.92 Å². The molecule has 5 nitrogen and oxygen atoms in total. The average Bonchev–Trinajstić information content (AvgIpc) is 2.88. The molecule has 1 fully saturated rings. The van der Waals surface area contributed by atoms with Gasteiger partial charge in [-0.05, 0) is 18.8 Å². The van der Waals surface area contributed by atoms with E-state index in [-0.39, 0.29) is 17.9 Å². The Morgan fingerprint density at radius 2 is 2.53 bits per heavy atom. The summed E-state index contributed by atoms with van der Waals surface area (Å²) in [5, 5.41) is 9.75. The third-order valence-electron chi connectivity index (χ3n) is 3.05. The number of anilines is 1. The fourth-order valence-electron chi connectivity index (χ4n) is 2.05. The molecule has 1 aliphatic rings. The summed E-state index contributed by atoms with van der Waals surface area (Å²) in [5.74, 6) is 0.773. The van der Waals surface area contributed by atoms with Crippen LogP contribution in [0.1, 0.15) is 32.4 Å². The molecular formula is C12H19N3O2. The average molecular weight is 237 g/mol. The standard InChI is InChI=1S/C12H19N3O2/c1-3-4-9-7-10(15-14-9)13-12(16)11-8(2)5-6-17-11/h7-8,11H,3-6H2,1-2H3,(H2,13,14,15,16). The molecule has 0 spiro atoms. The highest BCUT2D eigenvalue weighted by Gasteiger charge is 2.31. The van der Waals surface area contributed by atoms with Gasteiger partial charge in [-0.3, -0.25) is 9.89 Å². The second-order valence-corrected chi connectivity index (χ2v) is 4.58. The second-order valence-electron chi connectivity index (χ2n) is 4.58. The summed E-state index contributed by atoms with van der Waals surface area (Å²) in [5.41, 5.74) is 1.04. The first-order chi connectivity index (χ1) is 8.20. The number of carbonyl (C=O) groups excluding carboxylic acids is 1. The van der Waals surface area contributed by atoms with E-state index >= 15 is 0 Å². The zero-order chi connectivity index (χ0) is 12.3. The number of carbonyl (C=O) groups is 1. The van der Waals surface area contributed by atoms with Crippen LogP contribution in [0.25, 0.3) is 0 Å². The first-order valence-electron chi connectivity index (χ1n) is 6.17. The van der Waals surface area contributed by atoms with Crippen molar-refractivity contribution in [2.45, 2.75) is 39.2 Å². The Kier molecular flexibility index (Phi) is 3.78. The summed E-state index contributed by atoms with van der Waals surface area (Å²) in [7, 11) is 0. The molecule has 2 rings (SSSR count). The molecule has 2 unspecified atom stereocenters. The molecule has 1 saturated heterocycles. The zero-order valence-electron chi connectivity index (χ0n) is 10.3. The molecule has 1 aromatic rings. The fourth-order valence-corrected chi connectivity index (χ4v) is 2.05. The van der Waals surface area contributed by atoms with Crippen LogP contribution in [0.15, 0.2) is 6.07 Å². The summed E-state index contributed by atoms with van der Waals surface area (Å²) >= 11 is 0. The molecule has 1 aromatic heterocycles. The molecule has 0 saturated carbocycles. The lowest BCUT2D eigenvalue weighted by atomic mass is 10.0. The van der Waals surface area contributed by atoms with Crippen molar-refractivity contribution in [3.63, 3.8) is 0 Å². The van der Waals surface area contributed by atoms with Gasteiger partial charge in [0.05, 0.1) is 0 Å². The first kappa shape index (κ1) is 12.1. The summed E-state index contributed by atoms with van der Waals surface area (Å²) < 4.78 is 5.40. The van der Waals surface area contributed by atoms with Crippen LogP contribution in [-0.4, -0.2) is 28.8 Å². The number of aryl methyl sites for hydroxylation is 1. The smallest absolute Gasteiger partial charge is 0.254 e. The van der Waals surface area contributed by atoms with Gasteiger partial charge in [0.25, 0.3) is 5.91 Å². The van der Waals surface area contributed by atoms with E-state index in [1.165, 1.54) is 0 Å². The Morgan fingerprint density at radius 3 is 3.18 bits per heavy atom. The number of amides is 1. The highest BCUT2D eigenvalue weighted by atomic mass is 16.5. The number of hydrogen-bond acceptors (Lipinski definition) is 3. The largest absolute Gasteiger partial charge is 0.368 e. The molecule has 1 amide bonds. The Bertz CT molecular complexity index is 389. The van der Waals surface area contributed by atoms with Gasteiger partial charge in [0.15, 0.2) is 5.82 Å². The van der Waals surface area contributed by atoms with Gasteiger partial charge >= 0.3 is 0 Å². The van der Waals surface area contributed by atoms with Crippen LogP contribution in [0.5, 0.6) is 0 Å². The lowest BCUT2D eigenvalue weighted by Crippen LogP contribution is -2.31. The maximum atomic E-state index is 11.9. The Hall–Kier alpha value is -1.36. The Morgan fingerprint density at radius 1 is 1.71 bits per heavy atom. The lowest BCUT2D eigenvalue weighted by molar-refractivity contribution is -0.126. The molecule has 0 radical (unpaired) electrons. The molecule has 0 bridgehead atoms. The quantitative estimate of drug-likeness (QED) is 0.838. The van der Waals surface area contributed by atoms with Crippen molar-refractivity contribution in [1.29, 1.82) is 0 Å². The number of aromatic amines is 1. The van der Waals surface area contributed by atoms with Crippen LogP contribution in [0.3, 0.4) is 0 Å². The Balaban J connectivity index is 1.93. The molecule has 2 atom stereocenters. The normalized spacial score (nSPS) is 23.9. The van der Waals surface area contributed by atoms with Gasteiger partial charge in [-0.1, -0.05) is 20.3 Å². The van der Waals surface area contributed by atoms with Crippen LogP contribution in [-0.2, 0) is 16.0 Å². The van der Waals surface area contributed by atoms with Crippen molar-refractivity contribution in [1.82, 2.24) is 10.2 Å². The Labute approximate surface area is 101 Å². The minimum absolute atomic E-state index is 0.0930. The minimum Gasteiger partial charge on any atom is -0.368 e. The van der Waals surface area contributed by atoms with Crippen molar-refractivity contribution in [2.75, 3.05) is 11.9 Å². The van der Waals surface area contributed by atoms with E-state index in [2.05, 4.69) is 22.4 Å². The molecular weight excluding hydrogens is 218 g/mol. The minimum atomic E-state index is -0.332. The number of aromatic nitrogens is 2. The van der Waals surface area contributed by atoms with Crippen LogP contribution >= 0.6 is 0 Å². The topological polar surface area (TPSA) is 67.0 Å². The number of H-pyrrole nitrogens is 1. The van der Waals surface area contributed by atoms with Gasteiger partial charge in [-0.2, -0.15) is 5.10 Å². The third kappa shape index (κ3) is 2.85. The maximum absolute atomic E-state index is 11.9. The zero-order valence-corrected chi connectivity index (χ0v) is 10.3. The SMILES string of the molecule is CCCc1cc(NC(=O)C2OCCC2C)n[nH]1. The van der Waals surface area contributed by atoms with E-state index in [0.717, 1.165) is 25.0 Å². The van der Waals surface area contributed by atoms with Gasteiger partial charge in [0, 0.05) is 18.4 Å².